The van der Waals surface area contributed by atoms with Crippen LogP contribution in [0.5, 0.6) is 11.5 Å². The summed E-state index contributed by atoms with van der Waals surface area (Å²) in [5, 5.41) is 22.7. The van der Waals surface area contributed by atoms with Gasteiger partial charge in [-0.25, -0.2) is 0 Å². The van der Waals surface area contributed by atoms with Crippen LogP contribution in [-0.2, 0) is 0 Å². The van der Waals surface area contributed by atoms with Crippen molar-refractivity contribution in [1.82, 2.24) is 0 Å². The van der Waals surface area contributed by atoms with Crippen LogP contribution in [0.4, 0.5) is 0 Å². The first-order valence-electron chi connectivity index (χ1n) is 13.3. The lowest BCUT2D eigenvalue weighted by Gasteiger charge is -2.68. The Labute approximate surface area is 223 Å². The van der Waals surface area contributed by atoms with Gasteiger partial charge in [-0.15, -0.1) is 0 Å². The summed E-state index contributed by atoms with van der Waals surface area (Å²) in [7, 11) is 0. The van der Waals surface area contributed by atoms with Crippen LogP contribution in [0.2, 0.25) is 0 Å². The van der Waals surface area contributed by atoms with Crippen molar-refractivity contribution in [3.05, 3.63) is 84.9 Å². The molecule has 4 fully saturated rings. The van der Waals surface area contributed by atoms with Gasteiger partial charge in [-0.1, -0.05) is 108 Å². The van der Waals surface area contributed by atoms with Crippen LogP contribution >= 0.6 is 0 Å². The molecule has 4 aliphatic carbocycles. The fourth-order valence-electron chi connectivity index (χ4n) is 9.35. The summed E-state index contributed by atoms with van der Waals surface area (Å²) in [6, 6.07) is 26.6. The standard InChI is InChI=1S/C14H24.2C10H8O.CH4/c1-11-5-12(2)8-13(3,6-11)10-14(4,7-11)9-12;2*11-10-7-3-5-8-4-1-2-6-9(8)10;/h5-10H2,1-4H3;2*1-7,11H;1H4. The van der Waals surface area contributed by atoms with Gasteiger partial charge in [0.05, 0.1) is 0 Å². The molecule has 4 aromatic carbocycles. The smallest absolute Gasteiger partial charge is 0.123 e. The Morgan fingerprint density at radius 1 is 0.432 bits per heavy atom. The average Bonchev–Trinajstić information content (AvgIpc) is 2.77. The lowest BCUT2D eigenvalue weighted by Crippen LogP contribution is -2.57. The highest BCUT2D eigenvalue weighted by atomic mass is 16.3. The molecule has 2 heteroatoms. The Morgan fingerprint density at radius 2 is 0.703 bits per heavy atom. The van der Waals surface area contributed by atoms with E-state index in [1.54, 1.807) is 12.1 Å². The van der Waals surface area contributed by atoms with E-state index in [0.717, 1.165) is 21.5 Å². The van der Waals surface area contributed by atoms with E-state index in [1.807, 2.05) is 72.8 Å². The Bertz CT molecular complexity index is 1200. The van der Waals surface area contributed by atoms with Gasteiger partial charge in [-0.3, -0.25) is 0 Å². The summed E-state index contributed by atoms with van der Waals surface area (Å²) in [6.07, 6.45) is 9.03. The van der Waals surface area contributed by atoms with Crippen LogP contribution in [0, 0.1) is 21.7 Å². The molecule has 4 saturated carbocycles. The minimum atomic E-state index is 0. The zero-order valence-electron chi connectivity index (χ0n) is 22.2. The molecular weight excluding hydrogens is 452 g/mol. The van der Waals surface area contributed by atoms with Crippen molar-refractivity contribution < 1.29 is 10.2 Å². The van der Waals surface area contributed by atoms with E-state index in [9.17, 15) is 10.2 Å². The van der Waals surface area contributed by atoms with Crippen LogP contribution in [0.3, 0.4) is 0 Å². The number of rotatable bonds is 0. The lowest BCUT2D eigenvalue weighted by atomic mass is 9.37. The molecule has 0 aromatic heterocycles. The van der Waals surface area contributed by atoms with Crippen LogP contribution in [0.1, 0.15) is 73.6 Å². The third-order valence-electron chi connectivity index (χ3n) is 8.65. The van der Waals surface area contributed by atoms with Gasteiger partial charge in [0.2, 0.25) is 0 Å². The predicted molar refractivity (Wildman–Crippen MR) is 158 cm³/mol. The zero-order chi connectivity index (χ0) is 25.6. The first-order chi connectivity index (χ1) is 17.0. The fraction of sp³-hybridized carbons (Fsp3) is 0.429. The molecule has 0 unspecified atom stereocenters. The molecule has 0 amide bonds. The molecule has 0 spiro atoms. The number of phenolic OH excluding ortho intramolecular Hbond substituents is 2. The summed E-state index contributed by atoms with van der Waals surface area (Å²) in [4.78, 5) is 0. The highest BCUT2D eigenvalue weighted by Gasteiger charge is 2.62. The second kappa shape index (κ2) is 9.71. The van der Waals surface area contributed by atoms with Gasteiger partial charge in [0.15, 0.2) is 0 Å². The monoisotopic (exact) mass is 496 g/mol. The van der Waals surface area contributed by atoms with Gasteiger partial charge in [-0.2, -0.15) is 0 Å². The van der Waals surface area contributed by atoms with E-state index in [0.29, 0.717) is 33.2 Å². The summed E-state index contributed by atoms with van der Waals surface area (Å²) in [6.45, 7) is 10.2. The van der Waals surface area contributed by atoms with Crippen LogP contribution in [0.15, 0.2) is 84.9 Å². The van der Waals surface area contributed by atoms with Crippen molar-refractivity contribution in [3.8, 4) is 11.5 Å². The summed E-state index contributed by atoms with van der Waals surface area (Å²) >= 11 is 0. The third kappa shape index (κ3) is 5.64. The van der Waals surface area contributed by atoms with Crippen LogP contribution < -0.4 is 0 Å². The number of hydrogen-bond donors (Lipinski definition) is 2. The Balaban J connectivity index is 0.000000129. The van der Waals surface area contributed by atoms with Crippen molar-refractivity contribution in [3.63, 3.8) is 0 Å². The van der Waals surface area contributed by atoms with E-state index in [-0.39, 0.29) is 7.43 Å². The molecule has 0 aliphatic heterocycles. The van der Waals surface area contributed by atoms with Gasteiger partial charge >= 0.3 is 0 Å². The minimum Gasteiger partial charge on any atom is -0.507 e. The largest absolute Gasteiger partial charge is 0.507 e. The second-order valence-electron chi connectivity index (χ2n) is 13.3. The van der Waals surface area contributed by atoms with Crippen LogP contribution in [-0.4, -0.2) is 10.2 Å². The zero-order valence-corrected chi connectivity index (χ0v) is 22.2. The van der Waals surface area contributed by atoms with E-state index in [1.165, 1.54) is 38.5 Å². The molecule has 196 valence electrons. The SMILES string of the molecule is C.CC12CC3(C)CC(C)(C1)CC(C)(C2)C3.Oc1cccc2ccccc12.Oc1cccc2ccccc12. The molecule has 0 heterocycles. The quantitative estimate of drug-likeness (QED) is 0.254. The Morgan fingerprint density at radius 3 is 1.00 bits per heavy atom. The van der Waals surface area contributed by atoms with Gasteiger partial charge in [0.25, 0.3) is 0 Å². The first kappa shape index (κ1) is 27.0. The lowest BCUT2D eigenvalue weighted by molar-refractivity contribution is -0.176. The first-order valence-corrected chi connectivity index (χ1v) is 13.3. The molecule has 0 saturated heterocycles. The molecule has 0 atom stereocenters. The molecule has 2 N–H and O–H groups in total. The number of hydrogen-bond acceptors (Lipinski definition) is 2. The maximum absolute atomic E-state index is 9.37. The molecule has 37 heavy (non-hydrogen) atoms. The minimum absolute atomic E-state index is 0. The van der Waals surface area contributed by atoms with Crippen molar-refractivity contribution in [1.29, 1.82) is 0 Å². The maximum atomic E-state index is 9.37. The summed E-state index contributed by atoms with van der Waals surface area (Å²) in [5.41, 5.74) is 2.75. The maximum Gasteiger partial charge on any atom is 0.123 e. The van der Waals surface area contributed by atoms with Crippen molar-refractivity contribution in [2.24, 2.45) is 21.7 Å². The molecule has 4 aromatic rings. The third-order valence-corrected chi connectivity index (χ3v) is 8.65. The average molecular weight is 497 g/mol. The molecule has 2 nitrogen and oxygen atoms in total. The number of fused-ring (bicyclic) bond motifs is 2. The number of aromatic hydroxyl groups is 2. The highest BCUT2D eigenvalue weighted by molar-refractivity contribution is 5.88. The predicted octanol–water partition coefficient (Wildman–Crippen LogP) is 10.1. The number of benzene rings is 4. The van der Waals surface area contributed by atoms with Crippen LogP contribution in [0.25, 0.3) is 21.5 Å². The van der Waals surface area contributed by atoms with E-state index < -0.39 is 0 Å². The number of phenols is 2. The Hall–Kier alpha value is -3.00. The normalized spacial score (nSPS) is 31.0. The molecule has 4 aliphatic rings. The second-order valence-corrected chi connectivity index (χ2v) is 13.3. The van der Waals surface area contributed by atoms with Crippen molar-refractivity contribution in [2.75, 3.05) is 0 Å². The van der Waals surface area contributed by atoms with E-state index in [2.05, 4.69) is 27.7 Å². The van der Waals surface area contributed by atoms with E-state index >= 15 is 0 Å². The molecule has 0 radical (unpaired) electrons. The van der Waals surface area contributed by atoms with Crippen molar-refractivity contribution >= 4 is 21.5 Å². The van der Waals surface area contributed by atoms with Gasteiger partial charge in [-0.05, 0) is 83.1 Å². The van der Waals surface area contributed by atoms with Crippen molar-refractivity contribution in [2.45, 2.75) is 73.6 Å². The van der Waals surface area contributed by atoms with Gasteiger partial charge in [0.1, 0.15) is 11.5 Å². The molecular formula is C35H44O2. The van der Waals surface area contributed by atoms with E-state index in [4.69, 9.17) is 0 Å². The summed E-state index contributed by atoms with van der Waals surface area (Å²) in [5.74, 6) is 0.700. The Kier molecular flexibility index (Phi) is 7.10. The fourth-order valence-corrected chi connectivity index (χ4v) is 9.35. The molecule has 8 rings (SSSR count). The highest BCUT2D eigenvalue weighted by Crippen LogP contribution is 2.73. The topological polar surface area (TPSA) is 40.5 Å². The van der Waals surface area contributed by atoms with Gasteiger partial charge < -0.3 is 10.2 Å². The molecule has 4 bridgehead atoms. The van der Waals surface area contributed by atoms with Gasteiger partial charge in [0, 0.05) is 10.8 Å². The summed E-state index contributed by atoms with van der Waals surface area (Å²) < 4.78 is 0.